The SMILES string of the molecule is CC(=O)OC1N=C(c2ccccc2)c2cc(C(C)=O)ccc2NC1=O. The largest absolute Gasteiger partial charge is 0.430 e. The summed E-state index contributed by atoms with van der Waals surface area (Å²) in [6.07, 6.45) is -1.29. The molecule has 1 aliphatic rings. The third-order valence-corrected chi connectivity index (χ3v) is 3.73. The van der Waals surface area contributed by atoms with Crippen molar-refractivity contribution >= 4 is 29.1 Å². The number of rotatable bonds is 3. The average molecular weight is 336 g/mol. The number of fused-ring (bicyclic) bond motifs is 1. The van der Waals surface area contributed by atoms with Crippen LogP contribution < -0.4 is 5.32 Å². The van der Waals surface area contributed by atoms with Gasteiger partial charge in [0.1, 0.15) is 0 Å². The van der Waals surface area contributed by atoms with Crippen LogP contribution >= 0.6 is 0 Å². The predicted molar refractivity (Wildman–Crippen MR) is 92.7 cm³/mol. The van der Waals surface area contributed by atoms with E-state index < -0.39 is 18.1 Å². The summed E-state index contributed by atoms with van der Waals surface area (Å²) in [5.74, 6) is -1.24. The van der Waals surface area contributed by atoms with Gasteiger partial charge in [-0.15, -0.1) is 0 Å². The topological polar surface area (TPSA) is 84.8 Å². The highest BCUT2D eigenvalue weighted by atomic mass is 16.6. The number of esters is 1. The van der Waals surface area contributed by atoms with Gasteiger partial charge in [-0.1, -0.05) is 30.3 Å². The lowest BCUT2D eigenvalue weighted by atomic mass is 9.97. The lowest BCUT2D eigenvalue weighted by molar-refractivity contribution is -0.151. The van der Waals surface area contributed by atoms with E-state index in [0.29, 0.717) is 22.5 Å². The number of ketones is 1. The van der Waals surface area contributed by atoms with Crippen LogP contribution in [0.5, 0.6) is 0 Å². The molecule has 0 aromatic heterocycles. The number of aliphatic imine (C=N–C) groups is 1. The molecule has 0 spiro atoms. The molecule has 2 aromatic rings. The van der Waals surface area contributed by atoms with E-state index in [4.69, 9.17) is 4.74 Å². The van der Waals surface area contributed by atoms with E-state index in [9.17, 15) is 14.4 Å². The summed E-state index contributed by atoms with van der Waals surface area (Å²) in [7, 11) is 0. The Morgan fingerprint density at radius 1 is 1.08 bits per heavy atom. The molecule has 1 atom stereocenters. The normalized spacial score (nSPS) is 16.2. The maximum atomic E-state index is 12.3. The lowest BCUT2D eigenvalue weighted by Gasteiger charge is -2.11. The number of hydrogen-bond donors (Lipinski definition) is 1. The van der Waals surface area contributed by atoms with Crippen molar-refractivity contribution in [1.29, 1.82) is 0 Å². The Kier molecular flexibility index (Phi) is 4.43. The van der Waals surface area contributed by atoms with Gasteiger partial charge in [0.15, 0.2) is 5.78 Å². The van der Waals surface area contributed by atoms with Gasteiger partial charge in [0.2, 0.25) is 0 Å². The molecule has 1 unspecified atom stereocenters. The molecule has 126 valence electrons. The smallest absolute Gasteiger partial charge is 0.305 e. The van der Waals surface area contributed by atoms with E-state index in [-0.39, 0.29) is 5.78 Å². The molecular weight excluding hydrogens is 320 g/mol. The van der Waals surface area contributed by atoms with Gasteiger partial charge in [-0.05, 0) is 25.1 Å². The second-order valence-electron chi connectivity index (χ2n) is 5.61. The first-order valence-electron chi connectivity index (χ1n) is 7.72. The molecule has 0 fully saturated rings. The Bertz CT molecular complexity index is 888. The van der Waals surface area contributed by atoms with Crippen LogP contribution in [0.3, 0.4) is 0 Å². The van der Waals surface area contributed by atoms with E-state index in [1.807, 2.05) is 30.3 Å². The van der Waals surface area contributed by atoms with Crippen LogP contribution in [-0.4, -0.2) is 29.6 Å². The van der Waals surface area contributed by atoms with Crippen molar-refractivity contribution in [1.82, 2.24) is 0 Å². The molecule has 1 heterocycles. The summed E-state index contributed by atoms with van der Waals surface area (Å²) in [5.41, 5.74) is 2.83. The maximum absolute atomic E-state index is 12.3. The third kappa shape index (κ3) is 3.47. The van der Waals surface area contributed by atoms with Crippen LogP contribution in [0.4, 0.5) is 5.69 Å². The van der Waals surface area contributed by atoms with E-state index in [2.05, 4.69) is 10.3 Å². The quantitative estimate of drug-likeness (QED) is 0.689. The standard InChI is InChI=1S/C19H16N2O4/c1-11(22)14-8-9-16-15(10-14)17(13-6-4-3-5-7-13)21-19(18(24)20-16)25-12(2)23/h3-10,19H,1-2H3,(H,20,24). The zero-order valence-corrected chi connectivity index (χ0v) is 13.8. The molecule has 6 nitrogen and oxygen atoms in total. The van der Waals surface area contributed by atoms with Gasteiger partial charge in [0.25, 0.3) is 12.1 Å². The van der Waals surface area contributed by atoms with Gasteiger partial charge in [-0.25, -0.2) is 4.99 Å². The molecule has 0 saturated heterocycles. The average Bonchev–Trinajstić information content (AvgIpc) is 2.71. The number of ether oxygens (including phenoxy) is 1. The van der Waals surface area contributed by atoms with Crippen molar-refractivity contribution in [3.63, 3.8) is 0 Å². The molecule has 1 amide bonds. The summed E-state index contributed by atoms with van der Waals surface area (Å²) in [6.45, 7) is 2.69. The summed E-state index contributed by atoms with van der Waals surface area (Å²) >= 11 is 0. The molecule has 6 heteroatoms. The van der Waals surface area contributed by atoms with Crippen LogP contribution in [0.1, 0.15) is 35.3 Å². The van der Waals surface area contributed by atoms with Gasteiger partial charge < -0.3 is 10.1 Å². The first kappa shape index (κ1) is 16.6. The van der Waals surface area contributed by atoms with Gasteiger partial charge >= 0.3 is 5.97 Å². The van der Waals surface area contributed by atoms with Crippen molar-refractivity contribution in [3.8, 4) is 0 Å². The van der Waals surface area contributed by atoms with Gasteiger partial charge in [0.05, 0.1) is 11.4 Å². The number of amides is 1. The van der Waals surface area contributed by atoms with Crippen LogP contribution in [-0.2, 0) is 14.3 Å². The molecule has 3 rings (SSSR count). The highest BCUT2D eigenvalue weighted by Crippen LogP contribution is 2.26. The zero-order valence-electron chi connectivity index (χ0n) is 13.8. The van der Waals surface area contributed by atoms with Gasteiger partial charge in [0, 0.05) is 23.6 Å². The number of nitrogens with one attached hydrogen (secondary N) is 1. The van der Waals surface area contributed by atoms with Crippen molar-refractivity contribution in [2.24, 2.45) is 4.99 Å². The first-order chi connectivity index (χ1) is 12.0. The molecule has 1 N–H and O–H groups in total. The highest BCUT2D eigenvalue weighted by molar-refractivity contribution is 6.20. The Balaban J connectivity index is 2.21. The number of hydrogen-bond acceptors (Lipinski definition) is 5. The summed E-state index contributed by atoms with van der Waals surface area (Å²) in [6, 6.07) is 14.2. The van der Waals surface area contributed by atoms with E-state index >= 15 is 0 Å². The second-order valence-corrected chi connectivity index (χ2v) is 5.61. The summed E-state index contributed by atoms with van der Waals surface area (Å²) in [5, 5.41) is 2.70. The Hall–Kier alpha value is -3.28. The molecule has 0 bridgehead atoms. The number of carbonyl (C=O) groups excluding carboxylic acids is 3. The molecule has 25 heavy (non-hydrogen) atoms. The van der Waals surface area contributed by atoms with E-state index in [1.54, 1.807) is 18.2 Å². The summed E-state index contributed by atoms with van der Waals surface area (Å²) in [4.78, 5) is 39.8. The fourth-order valence-corrected chi connectivity index (χ4v) is 2.57. The van der Waals surface area contributed by atoms with Crippen LogP contribution in [0.25, 0.3) is 0 Å². The maximum Gasteiger partial charge on any atom is 0.305 e. The molecule has 2 aromatic carbocycles. The Morgan fingerprint density at radius 3 is 2.44 bits per heavy atom. The number of Topliss-reactive ketones (excluding diaryl/α,β-unsaturated/α-hetero) is 1. The monoisotopic (exact) mass is 336 g/mol. The van der Waals surface area contributed by atoms with Crippen molar-refractivity contribution in [2.45, 2.75) is 20.1 Å². The van der Waals surface area contributed by atoms with Crippen LogP contribution in [0.2, 0.25) is 0 Å². The van der Waals surface area contributed by atoms with E-state index in [0.717, 1.165) is 5.56 Å². The number of anilines is 1. The second kappa shape index (κ2) is 6.68. The molecular formula is C19H16N2O4. The Morgan fingerprint density at radius 2 is 1.80 bits per heavy atom. The van der Waals surface area contributed by atoms with Crippen molar-refractivity contribution < 1.29 is 19.1 Å². The first-order valence-corrected chi connectivity index (χ1v) is 7.72. The number of benzodiazepines with no additional fused rings is 1. The summed E-state index contributed by atoms with van der Waals surface area (Å²) < 4.78 is 5.04. The minimum atomic E-state index is -1.29. The molecule has 0 saturated carbocycles. The molecule has 1 aliphatic heterocycles. The lowest BCUT2D eigenvalue weighted by Crippen LogP contribution is -2.29. The zero-order chi connectivity index (χ0) is 18.0. The fraction of sp³-hybridized carbons (Fsp3) is 0.158. The van der Waals surface area contributed by atoms with Crippen LogP contribution in [0, 0.1) is 0 Å². The fourth-order valence-electron chi connectivity index (χ4n) is 2.57. The minimum absolute atomic E-state index is 0.0951. The van der Waals surface area contributed by atoms with Crippen LogP contribution in [0.15, 0.2) is 53.5 Å². The van der Waals surface area contributed by atoms with Gasteiger partial charge in [-0.3, -0.25) is 14.4 Å². The predicted octanol–water partition coefficient (Wildman–Crippen LogP) is 2.57. The van der Waals surface area contributed by atoms with E-state index in [1.165, 1.54) is 13.8 Å². The highest BCUT2D eigenvalue weighted by Gasteiger charge is 2.28. The number of carbonyl (C=O) groups is 3. The third-order valence-electron chi connectivity index (χ3n) is 3.73. The minimum Gasteiger partial charge on any atom is -0.430 e. The molecule has 0 radical (unpaired) electrons. The molecule has 0 aliphatic carbocycles. The van der Waals surface area contributed by atoms with Crippen molar-refractivity contribution in [2.75, 3.05) is 5.32 Å². The number of nitrogens with zero attached hydrogens (tertiary/aromatic N) is 1. The van der Waals surface area contributed by atoms with Gasteiger partial charge in [-0.2, -0.15) is 0 Å². The Labute approximate surface area is 144 Å². The number of benzene rings is 2. The van der Waals surface area contributed by atoms with Crippen molar-refractivity contribution in [3.05, 3.63) is 65.2 Å².